The van der Waals surface area contributed by atoms with Crippen LogP contribution in [0.15, 0.2) is 55.9 Å². The van der Waals surface area contributed by atoms with Crippen molar-refractivity contribution in [1.82, 2.24) is 15.4 Å². The SMILES string of the molecule is COc1ccc(Cl)cc1NC(=O)CSc1nnc(NC(=O)c2cc(-c3ccco3)on2)s1. The van der Waals surface area contributed by atoms with Crippen molar-refractivity contribution >= 4 is 57.3 Å². The number of hydrogen-bond donors (Lipinski definition) is 2. The second-order valence-corrected chi connectivity index (χ2v) is 8.70. The van der Waals surface area contributed by atoms with Crippen LogP contribution in [0.4, 0.5) is 10.8 Å². The fraction of sp³-hybridized carbons (Fsp3) is 0.105. The average Bonchev–Trinajstić information content (AvgIpc) is 3.53. The molecule has 32 heavy (non-hydrogen) atoms. The zero-order chi connectivity index (χ0) is 22.5. The third-order valence-electron chi connectivity index (χ3n) is 3.90. The number of halogens is 1. The molecule has 0 aliphatic rings. The first kappa shape index (κ1) is 21.9. The van der Waals surface area contributed by atoms with Gasteiger partial charge in [0.05, 0.1) is 24.8 Å². The van der Waals surface area contributed by atoms with Gasteiger partial charge in [-0.05, 0) is 30.3 Å². The third kappa shape index (κ3) is 5.28. The minimum absolute atomic E-state index is 0.0654. The van der Waals surface area contributed by atoms with Crippen LogP contribution < -0.4 is 15.4 Å². The van der Waals surface area contributed by atoms with Crippen LogP contribution in [-0.2, 0) is 4.79 Å². The maximum atomic E-state index is 12.3. The zero-order valence-corrected chi connectivity index (χ0v) is 18.7. The predicted octanol–water partition coefficient (Wildman–Crippen LogP) is 4.43. The summed E-state index contributed by atoms with van der Waals surface area (Å²) in [6.45, 7) is 0. The molecule has 2 amide bonds. The molecular formula is C19H14ClN5O5S2. The van der Waals surface area contributed by atoms with Crippen LogP contribution in [0.5, 0.6) is 5.75 Å². The van der Waals surface area contributed by atoms with Crippen molar-refractivity contribution in [2.75, 3.05) is 23.5 Å². The first-order chi connectivity index (χ1) is 15.5. The number of amides is 2. The van der Waals surface area contributed by atoms with Gasteiger partial charge in [0.2, 0.25) is 16.8 Å². The van der Waals surface area contributed by atoms with Crippen molar-refractivity contribution in [3.05, 3.63) is 53.4 Å². The number of nitrogens with zero attached hydrogens (tertiary/aromatic N) is 3. The van der Waals surface area contributed by atoms with Gasteiger partial charge >= 0.3 is 0 Å². The van der Waals surface area contributed by atoms with Gasteiger partial charge in [-0.15, -0.1) is 10.2 Å². The molecule has 0 spiro atoms. The van der Waals surface area contributed by atoms with Crippen LogP contribution in [0, 0.1) is 0 Å². The van der Waals surface area contributed by atoms with Gasteiger partial charge in [-0.3, -0.25) is 14.9 Å². The summed E-state index contributed by atoms with van der Waals surface area (Å²) in [7, 11) is 1.50. The lowest BCUT2D eigenvalue weighted by molar-refractivity contribution is -0.113. The summed E-state index contributed by atoms with van der Waals surface area (Å²) in [5.41, 5.74) is 0.535. The Kier molecular flexibility index (Phi) is 6.73. The summed E-state index contributed by atoms with van der Waals surface area (Å²) in [6.07, 6.45) is 1.49. The molecule has 13 heteroatoms. The Balaban J connectivity index is 1.31. The lowest BCUT2D eigenvalue weighted by Gasteiger charge is -2.09. The second kappa shape index (κ2) is 9.85. The normalized spacial score (nSPS) is 10.7. The van der Waals surface area contributed by atoms with Crippen molar-refractivity contribution < 1.29 is 23.3 Å². The molecule has 164 valence electrons. The number of carbonyl (C=O) groups is 2. The molecule has 0 saturated carbocycles. The number of rotatable bonds is 8. The smallest absolute Gasteiger partial charge is 0.279 e. The predicted molar refractivity (Wildman–Crippen MR) is 119 cm³/mol. The lowest BCUT2D eigenvalue weighted by Crippen LogP contribution is -2.14. The van der Waals surface area contributed by atoms with E-state index in [1.54, 1.807) is 30.3 Å². The second-order valence-electron chi connectivity index (χ2n) is 6.06. The van der Waals surface area contributed by atoms with E-state index in [9.17, 15) is 9.59 Å². The van der Waals surface area contributed by atoms with E-state index < -0.39 is 5.91 Å². The molecule has 0 saturated heterocycles. The molecule has 0 aliphatic carbocycles. The minimum atomic E-state index is -0.509. The first-order valence-electron chi connectivity index (χ1n) is 8.93. The molecule has 1 aromatic carbocycles. The van der Waals surface area contributed by atoms with Gasteiger partial charge in [0.1, 0.15) is 5.75 Å². The molecule has 0 unspecified atom stereocenters. The number of anilines is 2. The van der Waals surface area contributed by atoms with E-state index in [1.165, 1.54) is 31.2 Å². The average molecular weight is 492 g/mol. The van der Waals surface area contributed by atoms with Crippen molar-refractivity contribution in [3.8, 4) is 17.3 Å². The monoisotopic (exact) mass is 491 g/mol. The molecule has 10 nitrogen and oxygen atoms in total. The molecule has 0 radical (unpaired) electrons. The van der Waals surface area contributed by atoms with Crippen molar-refractivity contribution in [2.45, 2.75) is 4.34 Å². The Labute approximate surface area is 194 Å². The van der Waals surface area contributed by atoms with Crippen molar-refractivity contribution in [1.29, 1.82) is 0 Å². The van der Waals surface area contributed by atoms with Crippen LogP contribution >= 0.6 is 34.7 Å². The molecule has 4 aromatic rings. The molecule has 0 atom stereocenters. The van der Waals surface area contributed by atoms with E-state index in [4.69, 9.17) is 25.3 Å². The highest BCUT2D eigenvalue weighted by Crippen LogP contribution is 2.29. The molecule has 0 fully saturated rings. The minimum Gasteiger partial charge on any atom is -0.495 e. The molecule has 4 rings (SSSR count). The van der Waals surface area contributed by atoms with Crippen LogP contribution in [0.2, 0.25) is 5.02 Å². The van der Waals surface area contributed by atoms with E-state index in [0.717, 1.165) is 11.3 Å². The molecule has 3 aromatic heterocycles. The first-order valence-corrected chi connectivity index (χ1v) is 11.1. The van der Waals surface area contributed by atoms with E-state index in [1.807, 2.05) is 0 Å². The van der Waals surface area contributed by atoms with Gasteiger partial charge in [-0.1, -0.05) is 39.9 Å². The molecular weight excluding hydrogens is 478 g/mol. The maximum Gasteiger partial charge on any atom is 0.279 e. The number of carbonyl (C=O) groups excluding carboxylic acids is 2. The highest BCUT2D eigenvalue weighted by molar-refractivity contribution is 8.01. The molecule has 0 bridgehead atoms. The summed E-state index contributed by atoms with van der Waals surface area (Å²) in [5, 5.41) is 17.7. The van der Waals surface area contributed by atoms with Gasteiger partial charge in [-0.2, -0.15) is 0 Å². The Morgan fingerprint density at radius 2 is 2.06 bits per heavy atom. The van der Waals surface area contributed by atoms with E-state index >= 15 is 0 Å². The highest BCUT2D eigenvalue weighted by atomic mass is 35.5. The summed E-state index contributed by atoms with van der Waals surface area (Å²) in [5.74, 6) is 0.579. The van der Waals surface area contributed by atoms with Gasteiger partial charge in [0.15, 0.2) is 15.8 Å². The Morgan fingerprint density at radius 3 is 2.84 bits per heavy atom. The number of hydrogen-bond acceptors (Lipinski definition) is 10. The molecule has 3 heterocycles. The standard InChI is InChI=1S/C19H14ClN5O5S2/c1-28-13-5-4-10(20)7-11(13)21-16(26)9-31-19-24-23-18(32-19)22-17(27)12-8-15(30-25-12)14-3-2-6-29-14/h2-8H,9H2,1H3,(H,21,26)(H,22,23,27). The number of nitrogens with one attached hydrogen (secondary N) is 2. The Bertz CT molecular complexity index is 1240. The lowest BCUT2D eigenvalue weighted by atomic mass is 10.3. The van der Waals surface area contributed by atoms with Gasteiger partial charge < -0.3 is 19.0 Å². The number of benzene rings is 1. The Morgan fingerprint density at radius 1 is 1.19 bits per heavy atom. The topological polar surface area (TPSA) is 132 Å². The number of thioether (sulfide) groups is 1. The van der Waals surface area contributed by atoms with E-state index in [2.05, 4.69) is 26.0 Å². The van der Waals surface area contributed by atoms with Gasteiger partial charge in [0, 0.05) is 11.1 Å². The maximum absolute atomic E-state index is 12.3. The van der Waals surface area contributed by atoms with E-state index in [0.29, 0.717) is 32.3 Å². The molecule has 2 N–H and O–H groups in total. The van der Waals surface area contributed by atoms with Gasteiger partial charge in [0.25, 0.3) is 5.91 Å². The summed E-state index contributed by atoms with van der Waals surface area (Å²) < 4.78 is 16.0. The van der Waals surface area contributed by atoms with Crippen LogP contribution in [-0.4, -0.2) is 40.0 Å². The summed E-state index contributed by atoms with van der Waals surface area (Å²) >= 11 is 8.27. The van der Waals surface area contributed by atoms with Crippen molar-refractivity contribution in [3.63, 3.8) is 0 Å². The van der Waals surface area contributed by atoms with E-state index in [-0.39, 0.29) is 22.5 Å². The zero-order valence-electron chi connectivity index (χ0n) is 16.3. The fourth-order valence-corrected chi connectivity index (χ4v) is 4.21. The summed E-state index contributed by atoms with van der Waals surface area (Å²) in [4.78, 5) is 24.6. The van der Waals surface area contributed by atoms with Gasteiger partial charge in [-0.25, -0.2) is 0 Å². The largest absolute Gasteiger partial charge is 0.495 e. The molecule has 0 aliphatic heterocycles. The van der Waals surface area contributed by atoms with Crippen molar-refractivity contribution in [2.24, 2.45) is 0 Å². The number of furan rings is 1. The van der Waals surface area contributed by atoms with Crippen LogP contribution in [0.3, 0.4) is 0 Å². The number of ether oxygens (including phenoxy) is 1. The van der Waals surface area contributed by atoms with Crippen LogP contribution in [0.25, 0.3) is 11.5 Å². The Hall–Kier alpha value is -3.35. The third-order valence-corrected chi connectivity index (χ3v) is 6.10. The summed E-state index contributed by atoms with van der Waals surface area (Å²) in [6, 6.07) is 9.77. The highest BCUT2D eigenvalue weighted by Gasteiger charge is 2.17. The number of aromatic nitrogens is 3. The fourth-order valence-electron chi connectivity index (χ4n) is 2.49. The number of methoxy groups -OCH3 is 1. The quantitative estimate of drug-likeness (QED) is 0.271. The van der Waals surface area contributed by atoms with Crippen LogP contribution in [0.1, 0.15) is 10.5 Å².